The van der Waals surface area contributed by atoms with Crippen LogP contribution in [0.15, 0.2) is 78.0 Å². The van der Waals surface area contributed by atoms with Gasteiger partial charge in [0.1, 0.15) is 16.5 Å². The zero-order valence-corrected chi connectivity index (χ0v) is 19.2. The Labute approximate surface area is 195 Å². The first-order valence-electron chi connectivity index (χ1n) is 10.3. The Morgan fingerprint density at radius 2 is 1.94 bits per heavy atom. The van der Waals surface area contributed by atoms with E-state index < -0.39 is 0 Å². The maximum absolute atomic E-state index is 9.26. The lowest BCUT2D eigenvalue weighted by atomic mass is 10.1. The van der Waals surface area contributed by atoms with Crippen molar-refractivity contribution in [2.24, 2.45) is 4.99 Å². The van der Waals surface area contributed by atoms with Gasteiger partial charge in [0, 0.05) is 26.3 Å². The molecule has 2 aromatic carbocycles. The van der Waals surface area contributed by atoms with Gasteiger partial charge in [0.25, 0.3) is 0 Å². The molecule has 0 radical (unpaired) electrons. The average molecular weight is 443 g/mol. The highest BCUT2D eigenvalue weighted by molar-refractivity contribution is 7.80. The highest BCUT2D eigenvalue weighted by Crippen LogP contribution is 2.21. The van der Waals surface area contributed by atoms with E-state index in [9.17, 15) is 5.26 Å². The minimum atomic E-state index is 0.567. The summed E-state index contributed by atoms with van der Waals surface area (Å²) in [4.78, 5) is 9.37. The number of likely N-dealkylation sites (N-methyl/N-ethyl adjacent to an activating group) is 2. The Morgan fingerprint density at radius 3 is 2.66 bits per heavy atom. The second kappa shape index (κ2) is 11.2. The molecule has 0 amide bonds. The quantitative estimate of drug-likeness (QED) is 0.239. The van der Waals surface area contributed by atoms with E-state index in [-0.39, 0.29) is 0 Å². The standard InChI is InChI=1S/C26H26N4OS/c1-4-16-31-17-15-29(2)23-12-9-20(10-13-23)18-24-26(32)30(3)25(28-24)14-11-21-7-5-6-8-22(21)19-27/h4-14,18H,1,15-17H2,2-3H3/b14-11+,24-18-. The zero-order valence-electron chi connectivity index (χ0n) is 18.4. The minimum absolute atomic E-state index is 0.567. The maximum atomic E-state index is 9.26. The van der Waals surface area contributed by atoms with Crippen LogP contribution in [0.25, 0.3) is 12.2 Å². The number of hydrogen-bond acceptors (Lipinski definition) is 5. The van der Waals surface area contributed by atoms with Crippen LogP contribution in [0, 0.1) is 11.3 Å². The van der Waals surface area contributed by atoms with Crippen LogP contribution in [0.1, 0.15) is 16.7 Å². The zero-order chi connectivity index (χ0) is 22.9. The molecule has 0 atom stereocenters. The van der Waals surface area contributed by atoms with Crippen LogP contribution in [0.3, 0.4) is 0 Å². The van der Waals surface area contributed by atoms with Gasteiger partial charge >= 0.3 is 0 Å². The molecule has 0 spiro atoms. The molecule has 1 aliphatic heterocycles. The van der Waals surface area contributed by atoms with Crippen LogP contribution >= 0.6 is 12.2 Å². The second-order valence-corrected chi connectivity index (χ2v) is 7.66. The van der Waals surface area contributed by atoms with Crippen molar-refractivity contribution in [3.05, 3.63) is 89.6 Å². The number of nitriles is 1. The van der Waals surface area contributed by atoms with Crippen molar-refractivity contribution in [2.75, 3.05) is 38.8 Å². The molecule has 32 heavy (non-hydrogen) atoms. The molecule has 0 bridgehead atoms. The fourth-order valence-corrected chi connectivity index (χ4v) is 3.35. The topological polar surface area (TPSA) is 51.9 Å². The summed E-state index contributed by atoms with van der Waals surface area (Å²) < 4.78 is 5.46. The van der Waals surface area contributed by atoms with Crippen molar-refractivity contribution in [1.29, 1.82) is 5.26 Å². The van der Waals surface area contributed by atoms with Gasteiger partial charge in [-0.3, -0.25) is 0 Å². The summed E-state index contributed by atoms with van der Waals surface area (Å²) in [5, 5.41) is 9.26. The van der Waals surface area contributed by atoms with Crippen molar-refractivity contribution >= 4 is 40.9 Å². The van der Waals surface area contributed by atoms with E-state index in [1.807, 2.05) is 55.4 Å². The molecule has 2 aromatic rings. The van der Waals surface area contributed by atoms with E-state index in [0.29, 0.717) is 23.8 Å². The van der Waals surface area contributed by atoms with Gasteiger partial charge < -0.3 is 14.5 Å². The van der Waals surface area contributed by atoms with Crippen LogP contribution in [0.2, 0.25) is 0 Å². The molecular weight excluding hydrogens is 416 g/mol. The summed E-state index contributed by atoms with van der Waals surface area (Å²) >= 11 is 5.58. The number of amidine groups is 1. The molecule has 0 aliphatic carbocycles. The summed E-state index contributed by atoms with van der Waals surface area (Å²) in [5.41, 5.74) is 4.36. The molecule has 1 aliphatic rings. The number of ether oxygens (including phenoxy) is 1. The molecule has 162 valence electrons. The largest absolute Gasteiger partial charge is 0.376 e. The fraction of sp³-hybridized carbons (Fsp3) is 0.192. The first-order valence-corrected chi connectivity index (χ1v) is 10.7. The van der Waals surface area contributed by atoms with Gasteiger partial charge in [-0.25, -0.2) is 4.99 Å². The number of aliphatic imine (C=N–C) groups is 1. The Kier molecular flexibility index (Phi) is 8.09. The van der Waals surface area contributed by atoms with E-state index in [1.54, 1.807) is 12.1 Å². The van der Waals surface area contributed by atoms with E-state index in [0.717, 1.165) is 34.9 Å². The maximum Gasteiger partial charge on any atom is 0.134 e. The van der Waals surface area contributed by atoms with E-state index in [4.69, 9.17) is 17.0 Å². The van der Waals surface area contributed by atoms with Crippen LogP contribution < -0.4 is 4.90 Å². The lowest BCUT2D eigenvalue weighted by Gasteiger charge is -2.19. The van der Waals surface area contributed by atoms with Gasteiger partial charge in [0.15, 0.2) is 0 Å². The van der Waals surface area contributed by atoms with Crippen LogP contribution in [-0.4, -0.2) is 49.6 Å². The first kappa shape index (κ1) is 23.1. The molecule has 0 fully saturated rings. The molecule has 0 N–H and O–H groups in total. The third-order valence-electron chi connectivity index (χ3n) is 5.04. The first-order chi connectivity index (χ1) is 15.5. The molecule has 6 heteroatoms. The van der Waals surface area contributed by atoms with Gasteiger partial charge in [-0.2, -0.15) is 5.26 Å². The Hall–Kier alpha value is -3.53. The number of nitrogens with zero attached hydrogens (tertiary/aromatic N) is 4. The molecule has 1 heterocycles. The second-order valence-electron chi connectivity index (χ2n) is 7.27. The molecule has 5 nitrogen and oxygen atoms in total. The van der Waals surface area contributed by atoms with E-state index in [1.165, 1.54) is 0 Å². The van der Waals surface area contributed by atoms with Gasteiger partial charge in [0.2, 0.25) is 0 Å². The molecular formula is C26H26N4OS. The number of benzene rings is 2. The van der Waals surface area contributed by atoms with E-state index >= 15 is 0 Å². The van der Waals surface area contributed by atoms with Gasteiger partial charge in [0.05, 0.1) is 24.8 Å². The van der Waals surface area contributed by atoms with Crippen LogP contribution in [0.5, 0.6) is 0 Å². The molecule has 0 saturated heterocycles. The summed E-state index contributed by atoms with van der Waals surface area (Å²) in [5.74, 6) is 0.741. The Bertz CT molecular complexity index is 1110. The number of anilines is 1. The summed E-state index contributed by atoms with van der Waals surface area (Å²) in [6, 6.07) is 17.9. The summed E-state index contributed by atoms with van der Waals surface area (Å²) in [6.07, 6.45) is 7.51. The Balaban J connectivity index is 1.72. The fourth-order valence-electron chi connectivity index (χ4n) is 3.15. The van der Waals surface area contributed by atoms with E-state index in [2.05, 4.69) is 46.8 Å². The van der Waals surface area contributed by atoms with Crippen molar-refractivity contribution < 1.29 is 4.74 Å². The average Bonchev–Trinajstić information content (AvgIpc) is 3.08. The lowest BCUT2D eigenvalue weighted by Crippen LogP contribution is -2.24. The third-order valence-corrected chi connectivity index (χ3v) is 5.52. The van der Waals surface area contributed by atoms with Gasteiger partial charge in [-0.15, -0.1) is 6.58 Å². The SMILES string of the molecule is C=CCOCCN(C)c1ccc(/C=C2N=C(/C=C/c3ccccc3C#N)N(C)C\2=S)cc1. The summed E-state index contributed by atoms with van der Waals surface area (Å²) in [6.45, 7) is 5.67. The highest BCUT2D eigenvalue weighted by atomic mass is 32.1. The molecule has 0 aromatic heterocycles. The molecule has 0 saturated carbocycles. The normalized spacial score (nSPS) is 14.7. The number of hydrogen-bond donors (Lipinski definition) is 0. The monoisotopic (exact) mass is 442 g/mol. The third kappa shape index (κ3) is 5.79. The molecule has 3 rings (SSSR count). The predicted octanol–water partition coefficient (Wildman–Crippen LogP) is 4.92. The highest BCUT2D eigenvalue weighted by Gasteiger charge is 2.21. The van der Waals surface area contributed by atoms with Crippen LogP contribution in [0.4, 0.5) is 5.69 Å². The van der Waals surface area contributed by atoms with Crippen molar-refractivity contribution in [3.8, 4) is 6.07 Å². The van der Waals surface area contributed by atoms with Crippen molar-refractivity contribution in [1.82, 2.24) is 4.90 Å². The Morgan fingerprint density at radius 1 is 1.19 bits per heavy atom. The van der Waals surface area contributed by atoms with Crippen molar-refractivity contribution in [2.45, 2.75) is 0 Å². The lowest BCUT2D eigenvalue weighted by molar-refractivity contribution is 0.170. The van der Waals surface area contributed by atoms with Gasteiger partial charge in [-0.1, -0.05) is 48.6 Å². The van der Waals surface area contributed by atoms with Crippen molar-refractivity contribution in [3.63, 3.8) is 0 Å². The predicted molar refractivity (Wildman–Crippen MR) is 137 cm³/mol. The van der Waals surface area contributed by atoms with Gasteiger partial charge in [-0.05, 0) is 47.6 Å². The number of thiocarbonyl (C=S) groups is 1. The minimum Gasteiger partial charge on any atom is -0.376 e. The summed E-state index contributed by atoms with van der Waals surface area (Å²) in [7, 11) is 3.94. The molecule has 0 unspecified atom stereocenters. The smallest absolute Gasteiger partial charge is 0.134 e. The van der Waals surface area contributed by atoms with Crippen LogP contribution in [-0.2, 0) is 4.74 Å². The number of rotatable bonds is 9.